The molecule has 0 bridgehead atoms. The van der Waals surface area contributed by atoms with E-state index in [9.17, 15) is 0 Å². The number of aromatic amines is 1. The second-order valence-corrected chi connectivity index (χ2v) is 4.90. The van der Waals surface area contributed by atoms with Gasteiger partial charge in [-0.1, -0.05) is 0 Å². The van der Waals surface area contributed by atoms with Gasteiger partial charge in [0, 0.05) is 17.5 Å². The van der Waals surface area contributed by atoms with Crippen LogP contribution in [0.5, 0.6) is 0 Å². The molecule has 2 unspecified atom stereocenters. The van der Waals surface area contributed by atoms with E-state index in [4.69, 9.17) is 5.73 Å². The van der Waals surface area contributed by atoms with E-state index in [1.807, 2.05) is 6.20 Å². The minimum absolute atomic E-state index is 0.211. The normalized spacial score (nSPS) is 25.3. The van der Waals surface area contributed by atoms with E-state index in [1.165, 1.54) is 17.5 Å². The van der Waals surface area contributed by atoms with Crippen LogP contribution in [-0.2, 0) is 0 Å². The maximum atomic E-state index is 6.21. The van der Waals surface area contributed by atoms with Gasteiger partial charge < -0.3 is 11.1 Å². The Morgan fingerprint density at radius 2 is 2.29 bits per heavy atom. The number of aryl methyl sites for hydroxylation is 1. The van der Waals surface area contributed by atoms with E-state index in [2.05, 4.69) is 34.6 Å². The van der Waals surface area contributed by atoms with Gasteiger partial charge in [-0.25, -0.2) is 0 Å². The maximum Gasteiger partial charge on any atom is 0.0653 e. The summed E-state index contributed by atoms with van der Waals surface area (Å²) >= 11 is 0. The average molecular weight is 230 g/mol. The molecule has 1 aliphatic heterocycles. The first-order valence-corrected chi connectivity index (χ1v) is 6.18. The molecule has 0 radical (unpaired) electrons. The summed E-state index contributed by atoms with van der Waals surface area (Å²) in [7, 11) is 0. The van der Waals surface area contributed by atoms with Crippen LogP contribution >= 0.6 is 0 Å². The molecule has 1 aliphatic rings. The molecule has 1 saturated heterocycles. The van der Waals surface area contributed by atoms with E-state index in [0.717, 1.165) is 23.9 Å². The molecule has 1 aromatic carbocycles. The third kappa shape index (κ3) is 1.83. The molecule has 4 nitrogen and oxygen atoms in total. The topological polar surface area (TPSA) is 66.7 Å². The molecule has 2 heterocycles. The van der Waals surface area contributed by atoms with Crippen molar-refractivity contribution in [3.05, 3.63) is 29.5 Å². The van der Waals surface area contributed by atoms with Crippen LogP contribution in [0.4, 0.5) is 0 Å². The number of nitrogens with two attached hydrogens (primary N) is 1. The van der Waals surface area contributed by atoms with Gasteiger partial charge in [-0.2, -0.15) is 5.10 Å². The number of H-pyrrole nitrogens is 1. The Labute approximate surface area is 101 Å². The predicted octanol–water partition coefficient (Wildman–Crippen LogP) is 1.62. The second-order valence-electron chi connectivity index (χ2n) is 4.90. The Morgan fingerprint density at radius 1 is 1.41 bits per heavy atom. The molecule has 3 rings (SSSR count). The van der Waals surface area contributed by atoms with Gasteiger partial charge in [0.05, 0.1) is 11.7 Å². The van der Waals surface area contributed by atoms with Gasteiger partial charge in [0.2, 0.25) is 0 Å². The van der Waals surface area contributed by atoms with E-state index in [-0.39, 0.29) is 12.1 Å². The van der Waals surface area contributed by atoms with Crippen molar-refractivity contribution in [1.82, 2.24) is 15.5 Å². The third-order valence-electron chi connectivity index (χ3n) is 3.67. The molecule has 2 atom stereocenters. The highest BCUT2D eigenvalue weighted by atomic mass is 15.1. The van der Waals surface area contributed by atoms with E-state index >= 15 is 0 Å². The molecule has 1 fully saturated rings. The minimum Gasteiger partial charge on any atom is -0.326 e. The van der Waals surface area contributed by atoms with Crippen molar-refractivity contribution in [2.75, 3.05) is 6.54 Å². The SMILES string of the molecule is Cc1cc2cn[nH]c2cc1C1NCCCC1N. The minimum atomic E-state index is 0.211. The van der Waals surface area contributed by atoms with Crippen molar-refractivity contribution in [1.29, 1.82) is 0 Å². The van der Waals surface area contributed by atoms with Crippen LogP contribution in [0.25, 0.3) is 10.9 Å². The van der Waals surface area contributed by atoms with Crippen LogP contribution in [0.3, 0.4) is 0 Å². The Hall–Kier alpha value is -1.39. The number of aromatic nitrogens is 2. The number of hydrogen-bond donors (Lipinski definition) is 3. The van der Waals surface area contributed by atoms with Gasteiger partial charge in [0.25, 0.3) is 0 Å². The molecule has 4 heteroatoms. The molecule has 0 spiro atoms. The Kier molecular flexibility index (Phi) is 2.61. The number of nitrogens with zero attached hydrogens (tertiary/aromatic N) is 1. The van der Waals surface area contributed by atoms with Gasteiger partial charge >= 0.3 is 0 Å². The summed E-state index contributed by atoms with van der Waals surface area (Å²) in [4.78, 5) is 0. The number of fused-ring (bicyclic) bond motifs is 1. The van der Waals surface area contributed by atoms with Crippen molar-refractivity contribution in [3.63, 3.8) is 0 Å². The molecule has 90 valence electrons. The van der Waals surface area contributed by atoms with Crippen molar-refractivity contribution in [2.45, 2.75) is 31.8 Å². The largest absolute Gasteiger partial charge is 0.326 e. The molecule has 0 saturated carbocycles. The van der Waals surface area contributed by atoms with E-state index in [0.29, 0.717) is 0 Å². The highest BCUT2D eigenvalue weighted by Gasteiger charge is 2.24. The smallest absolute Gasteiger partial charge is 0.0653 e. The van der Waals surface area contributed by atoms with Crippen LogP contribution in [0, 0.1) is 6.92 Å². The molecule has 2 aromatic rings. The van der Waals surface area contributed by atoms with Crippen molar-refractivity contribution >= 4 is 10.9 Å². The van der Waals surface area contributed by atoms with Crippen LogP contribution in [0.15, 0.2) is 18.3 Å². The fraction of sp³-hybridized carbons (Fsp3) is 0.462. The molecular formula is C13H18N4. The number of nitrogens with one attached hydrogen (secondary N) is 2. The summed E-state index contributed by atoms with van der Waals surface area (Å²) in [6.45, 7) is 3.20. The lowest BCUT2D eigenvalue weighted by atomic mass is 9.90. The summed E-state index contributed by atoms with van der Waals surface area (Å²) in [6, 6.07) is 4.84. The number of hydrogen-bond acceptors (Lipinski definition) is 3. The molecule has 1 aromatic heterocycles. The van der Waals surface area contributed by atoms with Crippen LogP contribution in [-0.4, -0.2) is 22.8 Å². The van der Waals surface area contributed by atoms with Crippen LogP contribution < -0.4 is 11.1 Å². The first-order chi connectivity index (χ1) is 8.25. The van der Waals surface area contributed by atoms with E-state index < -0.39 is 0 Å². The highest BCUT2D eigenvalue weighted by molar-refractivity contribution is 5.79. The van der Waals surface area contributed by atoms with Gasteiger partial charge in [-0.05, 0) is 49.6 Å². The van der Waals surface area contributed by atoms with Crippen molar-refractivity contribution in [3.8, 4) is 0 Å². The Balaban J connectivity index is 2.05. The fourth-order valence-electron chi connectivity index (χ4n) is 2.71. The average Bonchev–Trinajstić information content (AvgIpc) is 2.76. The first kappa shape index (κ1) is 10.7. The maximum absolute atomic E-state index is 6.21. The van der Waals surface area contributed by atoms with Crippen LogP contribution in [0.2, 0.25) is 0 Å². The zero-order valence-electron chi connectivity index (χ0n) is 10.0. The number of rotatable bonds is 1. The van der Waals surface area contributed by atoms with E-state index in [1.54, 1.807) is 0 Å². The molecule has 0 amide bonds. The fourth-order valence-corrected chi connectivity index (χ4v) is 2.71. The Bertz CT molecular complexity index is 531. The quantitative estimate of drug-likeness (QED) is 0.697. The second kappa shape index (κ2) is 4.13. The molecule has 4 N–H and O–H groups in total. The van der Waals surface area contributed by atoms with Crippen molar-refractivity contribution < 1.29 is 0 Å². The number of piperidine rings is 1. The summed E-state index contributed by atoms with van der Waals surface area (Å²) in [6.07, 6.45) is 4.13. The lowest BCUT2D eigenvalue weighted by Crippen LogP contribution is -2.43. The van der Waals surface area contributed by atoms with Crippen LogP contribution in [0.1, 0.15) is 30.0 Å². The molecule has 0 aliphatic carbocycles. The summed E-state index contributed by atoms with van der Waals surface area (Å²) < 4.78 is 0. The van der Waals surface area contributed by atoms with Crippen molar-refractivity contribution in [2.24, 2.45) is 5.73 Å². The lowest BCUT2D eigenvalue weighted by molar-refractivity contribution is 0.357. The van der Waals surface area contributed by atoms with Gasteiger partial charge in [-0.3, -0.25) is 5.10 Å². The van der Waals surface area contributed by atoms with Gasteiger partial charge in [0.1, 0.15) is 0 Å². The predicted molar refractivity (Wildman–Crippen MR) is 68.8 cm³/mol. The Morgan fingerprint density at radius 3 is 3.12 bits per heavy atom. The summed E-state index contributed by atoms with van der Waals surface area (Å²) in [5, 5.41) is 11.8. The zero-order valence-corrected chi connectivity index (χ0v) is 10.0. The molecule has 17 heavy (non-hydrogen) atoms. The summed E-state index contributed by atoms with van der Waals surface area (Å²) in [5.41, 5.74) is 9.88. The monoisotopic (exact) mass is 230 g/mol. The standard InChI is InChI=1S/C13H18N4/c1-8-5-9-7-16-17-12(9)6-10(8)13-11(14)3-2-4-15-13/h5-7,11,13,15H,2-4,14H2,1H3,(H,16,17). The lowest BCUT2D eigenvalue weighted by Gasteiger charge is -2.31. The zero-order chi connectivity index (χ0) is 11.8. The van der Waals surface area contributed by atoms with Gasteiger partial charge in [0.15, 0.2) is 0 Å². The molecular weight excluding hydrogens is 212 g/mol. The third-order valence-corrected chi connectivity index (χ3v) is 3.67. The van der Waals surface area contributed by atoms with Gasteiger partial charge in [-0.15, -0.1) is 0 Å². The number of benzene rings is 1. The summed E-state index contributed by atoms with van der Waals surface area (Å²) in [5.74, 6) is 0. The highest BCUT2D eigenvalue weighted by Crippen LogP contribution is 2.27. The first-order valence-electron chi connectivity index (χ1n) is 6.18.